The lowest BCUT2D eigenvalue weighted by Gasteiger charge is -2.33. The van der Waals surface area contributed by atoms with Crippen LogP contribution in [0.2, 0.25) is 0 Å². The Bertz CT molecular complexity index is 936. The molecule has 0 radical (unpaired) electrons. The highest BCUT2D eigenvalue weighted by Crippen LogP contribution is 2.50. The molecule has 1 atom stereocenters. The molecule has 2 aromatic rings. The maximum Gasteiger partial charge on any atom is 0.269 e. The number of hydrogen-bond donors (Lipinski definition) is 0. The topological polar surface area (TPSA) is 80.5 Å². The molecule has 1 aliphatic carbocycles. The van der Waals surface area contributed by atoms with Gasteiger partial charge in [0, 0.05) is 24.2 Å². The fraction of sp³-hybridized carbons (Fsp3) is 0.400. The third kappa shape index (κ3) is 3.15. The van der Waals surface area contributed by atoms with E-state index < -0.39 is 14.9 Å². The molecule has 0 amide bonds. The first-order valence-electron chi connectivity index (χ1n) is 9.25. The van der Waals surface area contributed by atoms with E-state index in [1.807, 2.05) is 18.2 Å². The van der Waals surface area contributed by atoms with Gasteiger partial charge in [0.25, 0.3) is 5.69 Å². The van der Waals surface area contributed by atoms with Crippen LogP contribution in [-0.2, 0) is 10.0 Å². The molecule has 0 aromatic heterocycles. The molecule has 142 valence electrons. The van der Waals surface area contributed by atoms with Gasteiger partial charge in [-0.2, -0.15) is 4.31 Å². The minimum Gasteiger partial charge on any atom is -0.258 e. The molecular formula is C20H22N2O4S. The lowest BCUT2D eigenvalue weighted by molar-refractivity contribution is -0.384. The molecule has 2 fully saturated rings. The summed E-state index contributed by atoms with van der Waals surface area (Å²) in [6.07, 6.45) is 4.66. The van der Waals surface area contributed by atoms with Gasteiger partial charge in [0.15, 0.2) is 0 Å². The van der Waals surface area contributed by atoms with E-state index in [1.165, 1.54) is 29.8 Å². The van der Waals surface area contributed by atoms with Crippen LogP contribution in [0.3, 0.4) is 0 Å². The molecule has 2 aliphatic rings. The number of benzene rings is 2. The van der Waals surface area contributed by atoms with Gasteiger partial charge in [0.2, 0.25) is 10.0 Å². The van der Waals surface area contributed by atoms with Gasteiger partial charge in [-0.1, -0.05) is 43.2 Å². The summed E-state index contributed by atoms with van der Waals surface area (Å²) in [7, 11) is -3.70. The number of non-ortho nitro benzene ring substituents is 1. The minimum atomic E-state index is -3.70. The van der Waals surface area contributed by atoms with Crippen LogP contribution in [-0.4, -0.2) is 29.7 Å². The van der Waals surface area contributed by atoms with Crippen LogP contribution in [0.25, 0.3) is 0 Å². The van der Waals surface area contributed by atoms with Crippen molar-refractivity contribution < 1.29 is 13.3 Å². The highest BCUT2D eigenvalue weighted by molar-refractivity contribution is 7.89. The fourth-order valence-electron chi connectivity index (χ4n) is 4.67. The highest BCUT2D eigenvalue weighted by Gasteiger charge is 2.52. The van der Waals surface area contributed by atoms with Crippen molar-refractivity contribution in [2.75, 3.05) is 6.54 Å². The van der Waals surface area contributed by atoms with Crippen molar-refractivity contribution in [2.45, 2.75) is 48.5 Å². The molecule has 1 saturated carbocycles. The van der Waals surface area contributed by atoms with Crippen LogP contribution in [0.4, 0.5) is 5.69 Å². The molecule has 1 saturated heterocycles. The van der Waals surface area contributed by atoms with Gasteiger partial charge in [0.05, 0.1) is 9.82 Å². The summed E-state index contributed by atoms with van der Waals surface area (Å²) < 4.78 is 28.5. The van der Waals surface area contributed by atoms with Gasteiger partial charge in [-0.3, -0.25) is 10.1 Å². The highest BCUT2D eigenvalue weighted by atomic mass is 32.2. The molecule has 1 heterocycles. The zero-order chi connectivity index (χ0) is 19.1. The number of nitro groups is 1. The molecular weight excluding hydrogens is 364 g/mol. The molecule has 0 N–H and O–H groups in total. The number of nitrogens with zero attached hydrogens (tertiary/aromatic N) is 2. The van der Waals surface area contributed by atoms with Crippen LogP contribution in [0.15, 0.2) is 59.5 Å². The van der Waals surface area contributed by atoms with Gasteiger partial charge in [0.1, 0.15) is 0 Å². The molecule has 27 heavy (non-hydrogen) atoms. The van der Waals surface area contributed by atoms with Gasteiger partial charge in [-0.15, -0.1) is 0 Å². The Morgan fingerprint density at radius 3 is 2.22 bits per heavy atom. The monoisotopic (exact) mass is 386 g/mol. The van der Waals surface area contributed by atoms with Crippen LogP contribution in [0.5, 0.6) is 0 Å². The Morgan fingerprint density at radius 1 is 1.00 bits per heavy atom. The van der Waals surface area contributed by atoms with E-state index in [4.69, 9.17) is 0 Å². The Balaban J connectivity index is 1.70. The van der Waals surface area contributed by atoms with Crippen molar-refractivity contribution >= 4 is 15.7 Å². The Labute approximate surface area is 159 Å². The largest absolute Gasteiger partial charge is 0.269 e. The Kier molecular flexibility index (Phi) is 4.52. The van der Waals surface area contributed by atoms with Crippen molar-refractivity contribution in [3.05, 3.63) is 70.3 Å². The first kappa shape index (κ1) is 18.1. The fourth-order valence-corrected chi connectivity index (χ4v) is 6.55. The third-order valence-corrected chi connectivity index (χ3v) is 7.97. The van der Waals surface area contributed by atoms with Crippen LogP contribution < -0.4 is 0 Å². The Morgan fingerprint density at radius 2 is 1.63 bits per heavy atom. The molecule has 1 spiro atoms. The van der Waals surface area contributed by atoms with E-state index >= 15 is 0 Å². The first-order chi connectivity index (χ1) is 12.9. The summed E-state index contributed by atoms with van der Waals surface area (Å²) in [6.45, 7) is 0.462. The number of rotatable bonds is 4. The van der Waals surface area contributed by atoms with Crippen molar-refractivity contribution in [1.29, 1.82) is 0 Å². The van der Waals surface area contributed by atoms with E-state index in [-0.39, 0.29) is 22.0 Å². The molecule has 0 bridgehead atoms. The number of nitro benzene ring substituents is 1. The average molecular weight is 386 g/mol. The van der Waals surface area contributed by atoms with Crippen molar-refractivity contribution in [1.82, 2.24) is 4.31 Å². The van der Waals surface area contributed by atoms with Crippen LogP contribution >= 0.6 is 0 Å². The summed E-state index contributed by atoms with van der Waals surface area (Å²) in [6, 6.07) is 15.3. The van der Waals surface area contributed by atoms with Gasteiger partial charge in [-0.25, -0.2) is 8.42 Å². The van der Waals surface area contributed by atoms with E-state index in [1.54, 1.807) is 4.31 Å². The number of hydrogen-bond acceptors (Lipinski definition) is 4. The summed E-state index contributed by atoms with van der Waals surface area (Å²) in [5, 5.41) is 10.9. The molecule has 2 aromatic carbocycles. The van der Waals surface area contributed by atoms with Gasteiger partial charge in [-0.05, 0) is 42.9 Å². The van der Waals surface area contributed by atoms with Crippen molar-refractivity contribution in [3.63, 3.8) is 0 Å². The van der Waals surface area contributed by atoms with Gasteiger partial charge < -0.3 is 0 Å². The maximum atomic E-state index is 13.4. The molecule has 7 heteroatoms. The molecule has 0 unspecified atom stereocenters. The zero-order valence-electron chi connectivity index (χ0n) is 15.0. The summed E-state index contributed by atoms with van der Waals surface area (Å²) >= 11 is 0. The smallest absolute Gasteiger partial charge is 0.258 e. The second-order valence-corrected chi connectivity index (χ2v) is 9.39. The second-order valence-electron chi connectivity index (χ2n) is 7.53. The standard InChI is InChI=1S/C20H22N2O4S/c23-22(24)18-8-10-19(11-9-18)27(25,26)21-15-17(16-6-2-1-3-7-16)14-20(21)12-4-5-13-20/h1-3,6-11,17H,4-5,12-15H2/t17-/m0/s1. The predicted molar refractivity (Wildman–Crippen MR) is 102 cm³/mol. The average Bonchev–Trinajstić information content (AvgIpc) is 3.30. The maximum absolute atomic E-state index is 13.4. The van der Waals surface area contributed by atoms with Crippen molar-refractivity contribution in [3.8, 4) is 0 Å². The lowest BCUT2D eigenvalue weighted by atomic mass is 9.88. The summed E-state index contributed by atoms with van der Waals surface area (Å²) in [5.41, 5.74) is 0.736. The van der Waals surface area contributed by atoms with Crippen LogP contribution in [0.1, 0.15) is 43.6 Å². The Hall–Kier alpha value is -2.25. The SMILES string of the molecule is O=[N+]([O-])c1ccc(S(=O)(=O)N2C[C@@H](c3ccccc3)CC23CCCC3)cc1. The molecule has 4 rings (SSSR count). The summed E-state index contributed by atoms with van der Waals surface area (Å²) in [5.74, 6) is 0.178. The van der Waals surface area contributed by atoms with Crippen LogP contribution in [0, 0.1) is 10.1 Å². The molecule has 1 aliphatic heterocycles. The minimum absolute atomic E-state index is 0.104. The van der Waals surface area contributed by atoms with E-state index in [2.05, 4.69) is 12.1 Å². The lowest BCUT2D eigenvalue weighted by Crippen LogP contribution is -2.45. The van der Waals surface area contributed by atoms with E-state index in [0.29, 0.717) is 6.54 Å². The quantitative estimate of drug-likeness (QED) is 0.586. The van der Waals surface area contributed by atoms with E-state index in [9.17, 15) is 18.5 Å². The normalized spacial score (nSPS) is 22.3. The number of sulfonamides is 1. The van der Waals surface area contributed by atoms with Crippen molar-refractivity contribution in [2.24, 2.45) is 0 Å². The van der Waals surface area contributed by atoms with Gasteiger partial charge >= 0.3 is 0 Å². The third-order valence-electron chi connectivity index (χ3n) is 5.98. The van der Waals surface area contributed by atoms with E-state index in [0.717, 1.165) is 32.1 Å². The second kappa shape index (κ2) is 6.73. The summed E-state index contributed by atoms with van der Waals surface area (Å²) in [4.78, 5) is 10.5. The first-order valence-corrected chi connectivity index (χ1v) is 10.7. The molecule has 6 nitrogen and oxygen atoms in total. The predicted octanol–water partition coefficient (Wildman–Crippen LogP) is 4.09. The zero-order valence-corrected chi connectivity index (χ0v) is 15.8.